The van der Waals surface area contributed by atoms with Gasteiger partial charge in [-0.25, -0.2) is 8.78 Å². The highest BCUT2D eigenvalue weighted by atomic mass is 19.1. The first-order valence-electron chi connectivity index (χ1n) is 6.69. The molecule has 0 radical (unpaired) electrons. The molecule has 0 saturated heterocycles. The summed E-state index contributed by atoms with van der Waals surface area (Å²) < 4.78 is 26.6. The fourth-order valence-corrected chi connectivity index (χ4v) is 2.01. The molecule has 1 aromatic rings. The smallest absolute Gasteiger partial charge is 0.239 e. The lowest BCUT2D eigenvalue weighted by Gasteiger charge is -2.21. The first kappa shape index (κ1) is 16.5. The number of amides is 1. The number of benzene rings is 1. The van der Waals surface area contributed by atoms with Gasteiger partial charge < -0.3 is 16.0 Å². The molecule has 0 saturated carbocycles. The fraction of sp³-hybridized carbons (Fsp3) is 0.500. The number of nitrogens with one attached hydrogen (secondary N) is 1. The zero-order valence-corrected chi connectivity index (χ0v) is 11.8. The summed E-state index contributed by atoms with van der Waals surface area (Å²) in [6, 6.07) is 2.15. The van der Waals surface area contributed by atoms with E-state index in [0.717, 1.165) is 31.8 Å². The molecule has 20 heavy (non-hydrogen) atoms. The SMILES string of the molecule is CCN(CC)CCNC(C(N)=O)c1ccc(F)cc1F. The van der Waals surface area contributed by atoms with Gasteiger partial charge in [-0.1, -0.05) is 19.9 Å². The Balaban J connectivity index is 2.72. The summed E-state index contributed by atoms with van der Waals surface area (Å²) in [6.07, 6.45) is 0. The molecule has 1 atom stereocenters. The maximum Gasteiger partial charge on any atom is 0.239 e. The highest BCUT2D eigenvalue weighted by Crippen LogP contribution is 2.17. The van der Waals surface area contributed by atoms with Crippen molar-refractivity contribution in [2.24, 2.45) is 5.73 Å². The molecule has 0 aliphatic heterocycles. The first-order chi connectivity index (χ1) is 9.49. The predicted octanol–water partition coefficient (Wildman–Crippen LogP) is 1.42. The van der Waals surface area contributed by atoms with Crippen LogP contribution in [0.4, 0.5) is 8.78 Å². The average Bonchev–Trinajstić information content (AvgIpc) is 2.40. The van der Waals surface area contributed by atoms with E-state index in [9.17, 15) is 13.6 Å². The largest absolute Gasteiger partial charge is 0.368 e. The molecule has 4 nitrogen and oxygen atoms in total. The third-order valence-electron chi connectivity index (χ3n) is 3.23. The summed E-state index contributed by atoms with van der Waals surface area (Å²) in [5.74, 6) is -2.14. The van der Waals surface area contributed by atoms with Crippen LogP contribution in [0.1, 0.15) is 25.5 Å². The number of nitrogens with two attached hydrogens (primary N) is 1. The van der Waals surface area contributed by atoms with E-state index in [4.69, 9.17) is 5.73 Å². The van der Waals surface area contributed by atoms with E-state index in [1.807, 2.05) is 13.8 Å². The summed E-state index contributed by atoms with van der Waals surface area (Å²) in [6.45, 7) is 7.07. The van der Waals surface area contributed by atoms with Gasteiger partial charge in [-0.3, -0.25) is 4.79 Å². The third kappa shape index (κ3) is 4.54. The second-order valence-corrected chi connectivity index (χ2v) is 4.48. The van der Waals surface area contributed by atoms with Crippen LogP contribution in [0.3, 0.4) is 0 Å². The van der Waals surface area contributed by atoms with Crippen molar-refractivity contribution in [3.05, 3.63) is 35.4 Å². The van der Waals surface area contributed by atoms with E-state index < -0.39 is 23.6 Å². The maximum atomic E-state index is 13.7. The lowest BCUT2D eigenvalue weighted by molar-refractivity contribution is -0.120. The molecule has 0 aliphatic carbocycles. The van der Waals surface area contributed by atoms with Gasteiger partial charge in [0.25, 0.3) is 0 Å². The summed E-state index contributed by atoms with van der Waals surface area (Å²) in [4.78, 5) is 13.6. The van der Waals surface area contributed by atoms with E-state index in [-0.39, 0.29) is 5.56 Å². The molecule has 3 N–H and O–H groups in total. The minimum Gasteiger partial charge on any atom is -0.368 e. The summed E-state index contributed by atoms with van der Waals surface area (Å²) in [5.41, 5.74) is 5.35. The highest BCUT2D eigenvalue weighted by molar-refractivity contribution is 5.81. The monoisotopic (exact) mass is 285 g/mol. The minimum absolute atomic E-state index is 0.0680. The van der Waals surface area contributed by atoms with E-state index in [1.54, 1.807) is 0 Å². The first-order valence-corrected chi connectivity index (χ1v) is 6.69. The van der Waals surface area contributed by atoms with Crippen molar-refractivity contribution >= 4 is 5.91 Å². The summed E-state index contributed by atoms with van der Waals surface area (Å²) in [5, 5.41) is 2.92. The number of primary amides is 1. The zero-order chi connectivity index (χ0) is 15.1. The Labute approximate surface area is 117 Å². The van der Waals surface area contributed by atoms with E-state index >= 15 is 0 Å². The van der Waals surface area contributed by atoms with Gasteiger partial charge in [-0.2, -0.15) is 0 Å². The van der Waals surface area contributed by atoms with Crippen LogP contribution in [0.2, 0.25) is 0 Å². The molecule has 0 aliphatic rings. The number of hydrogen-bond donors (Lipinski definition) is 2. The Bertz CT molecular complexity index is 450. The molecule has 1 amide bonds. The van der Waals surface area contributed by atoms with Gasteiger partial charge in [0.05, 0.1) is 0 Å². The van der Waals surface area contributed by atoms with Gasteiger partial charge in [-0.15, -0.1) is 0 Å². The standard InChI is InChI=1S/C14H21F2N3O/c1-3-19(4-2)8-7-18-13(14(17)20)11-6-5-10(15)9-12(11)16/h5-6,9,13,18H,3-4,7-8H2,1-2H3,(H2,17,20). The van der Waals surface area contributed by atoms with Crippen molar-refractivity contribution in [3.8, 4) is 0 Å². The summed E-state index contributed by atoms with van der Waals surface area (Å²) >= 11 is 0. The Kier molecular flexibility index (Phi) is 6.54. The molecule has 0 bridgehead atoms. The number of likely N-dealkylation sites (N-methyl/N-ethyl adjacent to an activating group) is 1. The Morgan fingerprint density at radius 3 is 2.50 bits per heavy atom. The van der Waals surface area contributed by atoms with Gasteiger partial charge >= 0.3 is 0 Å². The molecule has 1 rings (SSSR count). The van der Waals surface area contributed by atoms with Crippen molar-refractivity contribution < 1.29 is 13.6 Å². The van der Waals surface area contributed by atoms with Gasteiger partial charge in [0, 0.05) is 24.7 Å². The van der Waals surface area contributed by atoms with E-state index in [1.165, 1.54) is 6.07 Å². The van der Waals surface area contributed by atoms with Crippen LogP contribution in [0.25, 0.3) is 0 Å². The number of carbonyl (C=O) groups is 1. The maximum absolute atomic E-state index is 13.7. The topological polar surface area (TPSA) is 58.4 Å². The second kappa shape index (κ2) is 7.91. The van der Waals surface area contributed by atoms with E-state index in [0.29, 0.717) is 6.54 Å². The lowest BCUT2D eigenvalue weighted by Crippen LogP contribution is -2.39. The Morgan fingerprint density at radius 2 is 2.00 bits per heavy atom. The number of hydrogen-bond acceptors (Lipinski definition) is 3. The quantitative estimate of drug-likeness (QED) is 0.759. The normalized spacial score (nSPS) is 12.7. The van der Waals surface area contributed by atoms with Gasteiger partial charge in [0.2, 0.25) is 5.91 Å². The molecular formula is C14H21F2N3O. The second-order valence-electron chi connectivity index (χ2n) is 4.48. The van der Waals surface area contributed by atoms with Gasteiger partial charge in [0.1, 0.15) is 17.7 Å². The third-order valence-corrected chi connectivity index (χ3v) is 3.23. The highest BCUT2D eigenvalue weighted by Gasteiger charge is 2.21. The number of halogens is 2. The Morgan fingerprint density at radius 1 is 1.35 bits per heavy atom. The molecule has 0 aromatic heterocycles. The van der Waals surface area contributed by atoms with Crippen LogP contribution in [0.15, 0.2) is 18.2 Å². The number of rotatable bonds is 8. The predicted molar refractivity (Wildman–Crippen MR) is 74.1 cm³/mol. The van der Waals surface area contributed by atoms with Crippen molar-refractivity contribution in [1.29, 1.82) is 0 Å². The molecule has 6 heteroatoms. The number of nitrogens with zero attached hydrogens (tertiary/aromatic N) is 1. The van der Waals surface area contributed by atoms with Crippen LogP contribution in [0, 0.1) is 11.6 Å². The van der Waals surface area contributed by atoms with Crippen molar-refractivity contribution in [3.63, 3.8) is 0 Å². The van der Waals surface area contributed by atoms with Crippen LogP contribution in [-0.2, 0) is 4.79 Å². The van der Waals surface area contributed by atoms with Gasteiger partial charge in [0.15, 0.2) is 0 Å². The van der Waals surface area contributed by atoms with Crippen LogP contribution >= 0.6 is 0 Å². The van der Waals surface area contributed by atoms with Crippen molar-refractivity contribution in [1.82, 2.24) is 10.2 Å². The zero-order valence-electron chi connectivity index (χ0n) is 11.8. The van der Waals surface area contributed by atoms with E-state index in [2.05, 4.69) is 10.2 Å². The molecule has 1 aromatic carbocycles. The van der Waals surface area contributed by atoms with Crippen LogP contribution < -0.4 is 11.1 Å². The summed E-state index contributed by atoms with van der Waals surface area (Å²) in [7, 11) is 0. The lowest BCUT2D eigenvalue weighted by atomic mass is 10.1. The van der Waals surface area contributed by atoms with Crippen molar-refractivity contribution in [2.45, 2.75) is 19.9 Å². The molecule has 0 spiro atoms. The Hall–Kier alpha value is -1.53. The minimum atomic E-state index is -0.953. The number of carbonyl (C=O) groups excluding carboxylic acids is 1. The molecule has 0 heterocycles. The molecular weight excluding hydrogens is 264 g/mol. The molecule has 112 valence electrons. The van der Waals surface area contributed by atoms with Crippen LogP contribution in [0.5, 0.6) is 0 Å². The van der Waals surface area contributed by atoms with Gasteiger partial charge in [-0.05, 0) is 19.2 Å². The average molecular weight is 285 g/mol. The van der Waals surface area contributed by atoms with Crippen molar-refractivity contribution in [2.75, 3.05) is 26.2 Å². The fourth-order valence-electron chi connectivity index (χ4n) is 2.01. The molecule has 0 fully saturated rings. The molecule has 1 unspecified atom stereocenters. The van der Waals surface area contributed by atoms with Crippen LogP contribution in [-0.4, -0.2) is 37.0 Å².